The normalized spacial score (nSPS) is 40.9. The van der Waals surface area contributed by atoms with Gasteiger partial charge in [-0.1, -0.05) is 18.2 Å². The number of carbonyl (C=O) groups excluding carboxylic acids is 1. The fourth-order valence-electron chi connectivity index (χ4n) is 3.40. The van der Waals surface area contributed by atoms with Gasteiger partial charge in [-0.2, -0.15) is 0 Å². The van der Waals surface area contributed by atoms with Gasteiger partial charge < -0.3 is 24.1 Å². The second-order valence-corrected chi connectivity index (χ2v) is 6.44. The maximum atomic E-state index is 11.9. The quantitative estimate of drug-likeness (QED) is 0.848. The molecular weight excluding hydrogens is 288 g/mol. The predicted molar refractivity (Wildman–Crippen MR) is 73.6 cm³/mol. The smallest absolute Gasteiger partial charge is 0.338 e. The zero-order valence-electron chi connectivity index (χ0n) is 12.4. The van der Waals surface area contributed by atoms with Crippen molar-refractivity contribution in [2.75, 3.05) is 6.61 Å². The summed E-state index contributed by atoms with van der Waals surface area (Å²) in [5.41, 5.74) is 0.487. The van der Waals surface area contributed by atoms with E-state index in [2.05, 4.69) is 0 Å². The Balaban J connectivity index is 1.38. The molecule has 0 amide bonds. The minimum absolute atomic E-state index is 0.0991. The summed E-state index contributed by atoms with van der Waals surface area (Å²) < 4.78 is 22.2. The van der Waals surface area contributed by atoms with E-state index < -0.39 is 23.8 Å². The van der Waals surface area contributed by atoms with Crippen LogP contribution < -0.4 is 0 Å². The van der Waals surface area contributed by atoms with Crippen LogP contribution in [0, 0.1) is 11.8 Å². The van der Waals surface area contributed by atoms with Crippen LogP contribution in [0.4, 0.5) is 0 Å². The molecule has 0 aromatic heterocycles. The van der Waals surface area contributed by atoms with E-state index in [1.54, 1.807) is 38.1 Å². The highest BCUT2D eigenvalue weighted by Gasteiger charge is 2.79. The fraction of sp³-hybridized carbons (Fsp3) is 0.562. The highest BCUT2D eigenvalue weighted by atomic mass is 16.9. The molecule has 1 aromatic carbocycles. The van der Waals surface area contributed by atoms with Crippen molar-refractivity contribution in [3.63, 3.8) is 0 Å². The van der Waals surface area contributed by atoms with Gasteiger partial charge in [0.15, 0.2) is 17.9 Å². The third-order valence-corrected chi connectivity index (χ3v) is 4.48. The van der Waals surface area contributed by atoms with Crippen LogP contribution in [0.5, 0.6) is 0 Å². The van der Waals surface area contributed by atoms with E-state index in [1.165, 1.54) is 0 Å². The minimum atomic E-state index is -1.30. The Kier molecular flexibility index (Phi) is 2.90. The first kappa shape index (κ1) is 14.1. The van der Waals surface area contributed by atoms with Gasteiger partial charge in [-0.3, -0.25) is 0 Å². The average molecular weight is 306 g/mol. The summed E-state index contributed by atoms with van der Waals surface area (Å²) >= 11 is 0. The van der Waals surface area contributed by atoms with E-state index in [4.69, 9.17) is 18.9 Å². The molecule has 0 radical (unpaired) electrons. The second-order valence-electron chi connectivity index (χ2n) is 6.44. The summed E-state index contributed by atoms with van der Waals surface area (Å²) in [6.07, 6.45) is -0.869. The van der Waals surface area contributed by atoms with E-state index in [0.717, 1.165) is 0 Å². The Hall–Kier alpha value is -1.47. The summed E-state index contributed by atoms with van der Waals surface area (Å²) in [6.45, 7) is 3.71. The number of rotatable bonds is 3. The van der Waals surface area contributed by atoms with E-state index in [1.807, 2.05) is 6.07 Å². The lowest BCUT2D eigenvalue weighted by Crippen LogP contribution is -2.28. The van der Waals surface area contributed by atoms with Crippen LogP contribution >= 0.6 is 0 Å². The molecule has 1 saturated carbocycles. The van der Waals surface area contributed by atoms with Crippen LogP contribution in [0.2, 0.25) is 0 Å². The monoisotopic (exact) mass is 306 g/mol. The highest BCUT2D eigenvalue weighted by Crippen LogP contribution is 2.63. The molecule has 6 heteroatoms. The van der Waals surface area contributed by atoms with E-state index in [9.17, 15) is 9.90 Å². The molecule has 22 heavy (non-hydrogen) atoms. The first-order chi connectivity index (χ1) is 10.4. The van der Waals surface area contributed by atoms with Gasteiger partial charge in [-0.25, -0.2) is 4.79 Å². The first-order valence-corrected chi connectivity index (χ1v) is 7.39. The Morgan fingerprint density at radius 2 is 1.95 bits per heavy atom. The molecule has 1 aliphatic carbocycles. The van der Waals surface area contributed by atoms with Crippen molar-refractivity contribution in [1.82, 2.24) is 0 Å². The first-order valence-electron chi connectivity index (χ1n) is 7.39. The van der Waals surface area contributed by atoms with Crippen molar-refractivity contribution in [1.29, 1.82) is 0 Å². The van der Waals surface area contributed by atoms with Gasteiger partial charge in [0.25, 0.3) is 0 Å². The molecule has 2 aliphatic heterocycles. The largest absolute Gasteiger partial charge is 0.462 e. The fourth-order valence-corrected chi connectivity index (χ4v) is 3.40. The number of benzene rings is 1. The summed E-state index contributed by atoms with van der Waals surface area (Å²) in [7, 11) is 0. The topological polar surface area (TPSA) is 74.2 Å². The molecule has 3 aliphatic rings. The maximum absolute atomic E-state index is 11.9. The SMILES string of the molecule is CC1(C)OC2OC3(O)C(COC(=O)c4ccccc4)C3C2O1. The van der Waals surface area contributed by atoms with Gasteiger partial charge in [-0.15, -0.1) is 0 Å². The third-order valence-electron chi connectivity index (χ3n) is 4.48. The molecule has 2 heterocycles. The van der Waals surface area contributed by atoms with Crippen LogP contribution in [-0.4, -0.2) is 41.7 Å². The number of hydrogen-bond acceptors (Lipinski definition) is 6. The van der Waals surface area contributed by atoms with Gasteiger partial charge in [0.05, 0.1) is 17.4 Å². The number of carbonyl (C=O) groups is 1. The van der Waals surface area contributed by atoms with Crippen molar-refractivity contribution in [3.8, 4) is 0 Å². The molecule has 4 rings (SSSR count). The Bertz CT molecular complexity index is 600. The zero-order chi connectivity index (χ0) is 15.5. The number of aliphatic hydroxyl groups is 1. The average Bonchev–Trinajstić information content (AvgIpc) is 2.76. The minimum Gasteiger partial charge on any atom is -0.462 e. The molecule has 5 atom stereocenters. The van der Waals surface area contributed by atoms with E-state index >= 15 is 0 Å². The van der Waals surface area contributed by atoms with Crippen molar-refractivity contribution in [2.24, 2.45) is 11.8 Å². The number of esters is 1. The molecule has 0 bridgehead atoms. The standard InChI is InChI=1S/C16H18O6/c1-15(2)20-12-11-10(16(11,18)22-14(12)21-15)8-19-13(17)9-6-4-3-5-7-9/h3-7,10-12,14,18H,8H2,1-2H3. The summed E-state index contributed by atoms with van der Waals surface area (Å²) in [4.78, 5) is 11.9. The number of fused-ring (bicyclic) bond motifs is 3. The van der Waals surface area contributed by atoms with E-state index in [0.29, 0.717) is 5.56 Å². The van der Waals surface area contributed by atoms with Crippen LogP contribution in [0.3, 0.4) is 0 Å². The van der Waals surface area contributed by atoms with Gasteiger partial charge in [0, 0.05) is 0 Å². The molecule has 118 valence electrons. The molecule has 6 nitrogen and oxygen atoms in total. The lowest BCUT2D eigenvalue weighted by Gasteiger charge is -2.19. The van der Waals surface area contributed by atoms with Crippen molar-refractivity contribution in [2.45, 2.75) is 37.8 Å². The lowest BCUT2D eigenvalue weighted by atomic mass is 10.2. The van der Waals surface area contributed by atoms with Gasteiger partial charge in [0.2, 0.25) is 0 Å². The molecule has 1 N–H and O–H groups in total. The van der Waals surface area contributed by atoms with Crippen LogP contribution in [0.1, 0.15) is 24.2 Å². The zero-order valence-corrected chi connectivity index (χ0v) is 12.4. The molecule has 5 unspecified atom stereocenters. The lowest BCUT2D eigenvalue weighted by molar-refractivity contribution is -0.253. The van der Waals surface area contributed by atoms with Gasteiger partial charge >= 0.3 is 5.97 Å². The van der Waals surface area contributed by atoms with Gasteiger partial charge in [-0.05, 0) is 26.0 Å². The maximum Gasteiger partial charge on any atom is 0.338 e. The van der Waals surface area contributed by atoms with Crippen LogP contribution in [-0.2, 0) is 18.9 Å². The van der Waals surface area contributed by atoms with Crippen LogP contribution in [0.15, 0.2) is 30.3 Å². The molecule has 1 aromatic rings. The van der Waals surface area contributed by atoms with E-state index in [-0.39, 0.29) is 24.5 Å². The highest BCUT2D eigenvalue weighted by molar-refractivity contribution is 5.89. The Morgan fingerprint density at radius 3 is 2.68 bits per heavy atom. The molecule has 2 saturated heterocycles. The Morgan fingerprint density at radius 1 is 1.23 bits per heavy atom. The van der Waals surface area contributed by atoms with Crippen molar-refractivity contribution < 1.29 is 28.8 Å². The third kappa shape index (κ3) is 2.06. The predicted octanol–water partition coefficient (Wildman–Crippen LogP) is 1.29. The molecule has 0 spiro atoms. The summed E-state index contributed by atoms with van der Waals surface area (Å²) in [6, 6.07) is 8.75. The summed E-state index contributed by atoms with van der Waals surface area (Å²) in [5.74, 6) is -2.93. The van der Waals surface area contributed by atoms with Crippen molar-refractivity contribution >= 4 is 5.97 Å². The Labute approximate surface area is 127 Å². The van der Waals surface area contributed by atoms with Gasteiger partial charge in [0.1, 0.15) is 12.7 Å². The number of hydrogen-bond donors (Lipinski definition) is 1. The van der Waals surface area contributed by atoms with Crippen LogP contribution in [0.25, 0.3) is 0 Å². The number of ether oxygens (including phenoxy) is 4. The molecular formula is C16H18O6. The summed E-state index contributed by atoms with van der Waals surface area (Å²) in [5, 5.41) is 10.4. The molecule has 3 fully saturated rings. The second kappa shape index (κ2) is 4.52. The van der Waals surface area contributed by atoms with Crippen molar-refractivity contribution in [3.05, 3.63) is 35.9 Å².